The van der Waals surface area contributed by atoms with Crippen LogP contribution >= 0.6 is 0 Å². The second-order valence-electron chi connectivity index (χ2n) is 7.75. The Morgan fingerprint density at radius 3 is 2.35 bits per heavy atom. The molecule has 31 heavy (non-hydrogen) atoms. The number of morpholine rings is 1. The molecule has 1 N–H and O–H groups in total. The maximum absolute atomic E-state index is 13.2. The summed E-state index contributed by atoms with van der Waals surface area (Å²) >= 11 is 0. The van der Waals surface area contributed by atoms with Gasteiger partial charge in [0.05, 0.1) is 37.4 Å². The van der Waals surface area contributed by atoms with Crippen molar-refractivity contribution in [1.82, 2.24) is 9.13 Å². The third-order valence-electron chi connectivity index (χ3n) is 5.99. The van der Waals surface area contributed by atoms with Gasteiger partial charge in [0.2, 0.25) is 0 Å². The lowest BCUT2D eigenvalue weighted by atomic mass is 9.82. The summed E-state index contributed by atoms with van der Waals surface area (Å²) in [6.45, 7) is 4.73. The minimum absolute atomic E-state index is 0.342. The van der Waals surface area contributed by atoms with Crippen molar-refractivity contribution in [2.24, 2.45) is 14.1 Å². The molecule has 0 radical (unpaired) electrons. The number of benzene rings is 1. The molecule has 9 nitrogen and oxygen atoms in total. The molecule has 164 valence electrons. The van der Waals surface area contributed by atoms with Gasteiger partial charge < -0.3 is 19.7 Å². The number of fused-ring (bicyclic) bond motifs is 1. The van der Waals surface area contributed by atoms with Gasteiger partial charge in [0.15, 0.2) is 0 Å². The molecule has 1 aromatic carbocycles. The number of rotatable bonds is 3. The summed E-state index contributed by atoms with van der Waals surface area (Å²) in [4.78, 5) is 40.6. The Kier molecular flexibility index (Phi) is 5.45. The van der Waals surface area contributed by atoms with E-state index in [1.807, 2.05) is 24.3 Å². The van der Waals surface area contributed by atoms with Crippen molar-refractivity contribution >= 4 is 17.5 Å². The first-order valence-electron chi connectivity index (χ1n) is 10.1. The molecule has 1 fully saturated rings. The van der Waals surface area contributed by atoms with Gasteiger partial charge in [0.25, 0.3) is 5.56 Å². The number of nitrogens with one attached hydrogen (secondary N) is 1. The molecule has 1 aromatic heterocycles. The molecule has 0 unspecified atom stereocenters. The van der Waals surface area contributed by atoms with Gasteiger partial charge in [0.1, 0.15) is 5.82 Å². The Morgan fingerprint density at radius 2 is 1.74 bits per heavy atom. The molecule has 2 aliphatic rings. The van der Waals surface area contributed by atoms with E-state index in [2.05, 4.69) is 10.2 Å². The van der Waals surface area contributed by atoms with Gasteiger partial charge in [-0.15, -0.1) is 0 Å². The zero-order chi connectivity index (χ0) is 22.3. The summed E-state index contributed by atoms with van der Waals surface area (Å²) in [5, 5.41) is 3.07. The molecule has 1 atom stereocenters. The molecule has 0 aliphatic carbocycles. The summed E-state index contributed by atoms with van der Waals surface area (Å²) in [5.41, 5.74) is 2.18. The number of esters is 1. The molecule has 3 heterocycles. The first kappa shape index (κ1) is 20.9. The number of carbonyl (C=O) groups excluding carboxylic acids is 1. The first-order valence-corrected chi connectivity index (χ1v) is 10.1. The number of anilines is 2. The van der Waals surface area contributed by atoms with E-state index in [4.69, 9.17) is 9.47 Å². The average molecular weight is 426 g/mol. The highest BCUT2D eigenvalue weighted by Gasteiger charge is 2.37. The molecular weight excluding hydrogens is 400 g/mol. The number of carbonyl (C=O) groups is 1. The van der Waals surface area contributed by atoms with E-state index in [-0.39, 0.29) is 0 Å². The molecule has 1 saturated heterocycles. The van der Waals surface area contributed by atoms with Crippen LogP contribution in [-0.4, -0.2) is 48.5 Å². The Labute approximate surface area is 179 Å². The Morgan fingerprint density at radius 1 is 1.10 bits per heavy atom. The summed E-state index contributed by atoms with van der Waals surface area (Å²) in [5.74, 6) is -0.790. The van der Waals surface area contributed by atoms with Crippen LogP contribution in [0.4, 0.5) is 11.5 Å². The smallest absolute Gasteiger partial charge is 0.336 e. The van der Waals surface area contributed by atoms with E-state index in [1.165, 1.54) is 18.7 Å². The van der Waals surface area contributed by atoms with Crippen LogP contribution in [-0.2, 0) is 28.4 Å². The van der Waals surface area contributed by atoms with Crippen LogP contribution in [0.2, 0.25) is 0 Å². The van der Waals surface area contributed by atoms with Crippen molar-refractivity contribution in [2.45, 2.75) is 12.8 Å². The maximum Gasteiger partial charge on any atom is 0.336 e. The second-order valence-corrected chi connectivity index (χ2v) is 7.75. The number of hydrogen-bond donors (Lipinski definition) is 1. The summed E-state index contributed by atoms with van der Waals surface area (Å²) in [7, 11) is 4.35. The van der Waals surface area contributed by atoms with Gasteiger partial charge >= 0.3 is 11.7 Å². The SMILES string of the molecule is COC(=O)C1=C(C)Nc2c(c(=O)n(C)c(=O)n2C)[C@H]1c1ccc(N2CCOCC2)cc1. The van der Waals surface area contributed by atoms with Crippen LogP contribution in [0.15, 0.2) is 45.1 Å². The molecule has 0 saturated carbocycles. The molecule has 0 spiro atoms. The van der Waals surface area contributed by atoms with Crippen molar-refractivity contribution in [3.05, 3.63) is 67.5 Å². The lowest BCUT2D eigenvalue weighted by Crippen LogP contribution is -2.43. The molecule has 9 heteroatoms. The highest BCUT2D eigenvalue weighted by Crippen LogP contribution is 2.40. The average Bonchev–Trinajstić information content (AvgIpc) is 2.80. The van der Waals surface area contributed by atoms with E-state index >= 15 is 0 Å². The zero-order valence-corrected chi connectivity index (χ0v) is 18.1. The standard InChI is InChI=1S/C22H26N4O5/c1-13-16(21(28)30-4)17(18-19(23-13)24(2)22(29)25(3)20(18)27)14-5-7-15(8-6-14)26-9-11-31-12-10-26/h5-8,17,23H,9-12H2,1-4H3/t17-/m0/s1. The Bertz CT molecular complexity index is 1170. The number of nitrogens with zero attached hydrogens (tertiary/aromatic N) is 3. The van der Waals surface area contributed by atoms with Gasteiger partial charge in [-0.2, -0.15) is 0 Å². The Hall–Kier alpha value is -3.33. The van der Waals surface area contributed by atoms with Gasteiger partial charge in [0, 0.05) is 38.6 Å². The molecule has 4 rings (SSSR count). The lowest BCUT2D eigenvalue weighted by molar-refractivity contribution is -0.136. The maximum atomic E-state index is 13.2. The van der Waals surface area contributed by atoms with E-state index in [0.29, 0.717) is 35.9 Å². The third kappa shape index (κ3) is 3.44. The van der Waals surface area contributed by atoms with Crippen LogP contribution in [0.25, 0.3) is 0 Å². The number of aromatic nitrogens is 2. The fourth-order valence-corrected chi connectivity index (χ4v) is 4.30. The minimum Gasteiger partial charge on any atom is -0.466 e. The van der Waals surface area contributed by atoms with Crippen molar-refractivity contribution in [2.75, 3.05) is 43.6 Å². The van der Waals surface area contributed by atoms with E-state index < -0.39 is 23.1 Å². The fraction of sp³-hybridized carbons (Fsp3) is 0.409. The van der Waals surface area contributed by atoms with Crippen LogP contribution in [0.1, 0.15) is 24.0 Å². The lowest BCUT2D eigenvalue weighted by Gasteiger charge is -2.31. The third-order valence-corrected chi connectivity index (χ3v) is 5.99. The molecule has 0 bridgehead atoms. The van der Waals surface area contributed by atoms with Crippen LogP contribution < -0.4 is 21.5 Å². The number of hydrogen-bond acceptors (Lipinski definition) is 7. The molecular formula is C22H26N4O5. The number of methoxy groups -OCH3 is 1. The first-order chi connectivity index (χ1) is 14.8. The quantitative estimate of drug-likeness (QED) is 0.730. The summed E-state index contributed by atoms with van der Waals surface area (Å²) < 4.78 is 12.9. The predicted molar refractivity (Wildman–Crippen MR) is 117 cm³/mol. The number of allylic oxidation sites excluding steroid dienone is 1. The molecule has 2 aromatic rings. The normalized spacial score (nSPS) is 18.5. The van der Waals surface area contributed by atoms with E-state index in [0.717, 1.165) is 28.9 Å². The van der Waals surface area contributed by atoms with E-state index in [9.17, 15) is 14.4 Å². The zero-order valence-electron chi connectivity index (χ0n) is 18.1. The second kappa shape index (κ2) is 8.07. The Balaban J connectivity index is 1.89. The molecule has 0 amide bonds. The van der Waals surface area contributed by atoms with Crippen molar-refractivity contribution < 1.29 is 14.3 Å². The topological polar surface area (TPSA) is 94.8 Å². The van der Waals surface area contributed by atoms with Crippen molar-refractivity contribution in [3.8, 4) is 0 Å². The van der Waals surface area contributed by atoms with Crippen LogP contribution in [0, 0.1) is 0 Å². The largest absolute Gasteiger partial charge is 0.466 e. The van der Waals surface area contributed by atoms with Gasteiger partial charge in [-0.05, 0) is 24.6 Å². The highest BCUT2D eigenvalue weighted by molar-refractivity contribution is 5.94. The predicted octanol–water partition coefficient (Wildman–Crippen LogP) is 0.925. The summed E-state index contributed by atoms with van der Waals surface area (Å²) in [6, 6.07) is 7.81. The van der Waals surface area contributed by atoms with Gasteiger partial charge in [-0.25, -0.2) is 9.59 Å². The van der Waals surface area contributed by atoms with Crippen LogP contribution in [0.5, 0.6) is 0 Å². The van der Waals surface area contributed by atoms with Gasteiger partial charge in [-0.3, -0.25) is 13.9 Å². The monoisotopic (exact) mass is 426 g/mol. The highest BCUT2D eigenvalue weighted by atomic mass is 16.5. The van der Waals surface area contributed by atoms with Crippen molar-refractivity contribution in [1.29, 1.82) is 0 Å². The van der Waals surface area contributed by atoms with Crippen molar-refractivity contribution in [3.63, 3.8) is 0 Å². The van der Waals surface area contributed by atoms with Gasteiger partial charge in [-0.1, -0.05) is 12.1 Å². The fourth-order valence-electron chi connectivity index (χ4n) is 4.30. The van der Waals surface area contributed by atoms with Crippen LogP contribution in [0.3, 0.4) is 0 Å². The minimum atomic E-state index is -0.659. The summed E-state index contributed by atoms with van der Waals surface area (Å²) in [6.07, 6.45) is 0. The van der Waals surface area contributed by atoms with E-state index in [1.54, 1.807) is 14.0 Å². The number of ether oxygens (including phenoxy) is 2. The molecule has 2 aliphatic heterocycles.